The van der Waals surface area contributed by atoms with E-state index >= 15 is 0 Å². The molecule has 0 saturated heterocycles. The lowest BCUT2D eigenvalue weighted by Crippen LogP contribution is -2.42. The van der Waals surface area contributed by atoms with Gasteiger partial charge in [0.05, 0.1) is 11.5 Å². The molecule has 13 heteroatoms. The minimum atomic E-state index is -4.74. The van der Waals surface area contributed by atoms with Crippen molar-refractivity contribution in [2.45, 2.75) is 48.9 Å². The van der Waals surface area contributed by atoms with Crippen molar-refractivity contribution in [1.29, 1.82) is 0 Å². The Bertz CT molecular complexity index is 1220. The number of aryl methyl sites for hydroxylation is 1. The van der Waals surface area contributed by atoms with Crippen LogP contribution >= 0.6 is 0 Å². The molecule has 0 spiro atoms. The van der Waals surface area contributed by atoms with Crippen LogP contribution in [-0.4, -0.2) is 42.0 Å². The highest BCUT2D eigenvalue weighted by Crippen LogP contribution is 2.20. The normalized spacial score (nSPS) is 13.0. The molecule has 0 fully saturated rings. The van der Waals surface area contributed by atoms with Gasteiger partial charge in [0.25, 0.3) is 0 Å². The second kappa shape index (κ2) is 11.8. The standard InChI is InChI=1S/C21H25F3N2O6S2/c1-3-32-21(27)17(26-34(30,31)18-12-11-16(22)19(23)20(18)24)6-4-5-13-25-33(28,29)15-9-7-14(2)8-10-15/h7-12,17,25-26H,3-6,13H2,1-2H3. The fourth-order valence-electron chi connectivity index (χ4n) is 2.91. The van der Waals surface area contributed by atoms with Crippen molar-refractivity contribution in [3.63, 3.8) is 0 Å². The first-order chi connectivity index (χ1) is 15.9. The van der Waals surface area contributed by atoms with Crippen LogP contribution in [0.15, 0.2) is 46.2 Å². The molecule has 0 amide bonds. The van der Waals surface area contributed by atoms with E-state index in [4.69, 9.17) is 4.74 Å². The molecule has 0 aliphatic rings. The third kappa shape index (κ3) is 7.26. The summed E-state index contributed by atoms with van der Waals surface area (Å²) in [5.74, 6) is -6.39. The van der Waals surface area contributed by atoms with E-state index in [2.05, 4.69) is 4.72 Å². The van der Waals surface area contributed by atoms with Crippen molar-refractivity contribution in [2.75, 3.05) is 13.2 Å². The monoisotopic (exact) mass is 522 g/mol. The van der Waals surface area contributed by atoms with E-state index < -0.39 is 54.4 Å². The summed E-state index contributed by atoms with van der Waals surface area (Å²) in [7, 11) is -8.48. The molecule has 1 atom stereocenters. The van der Waals surface area contributed by atoms with Crippen molar-refractivity contribution in [2.24, 2.45) is 0 Å². The number of unbranched alkanes of at least 4 members (excludes halogenated alkanes) is 1. The molecule has 0 saturated carbocycles. The summed E-state index contributed by atoms with van der Waals surface area (Å²) in [4.78, 5) is 11.1. The van der Waals surface area contributed by atoms with Gasteiger partial charge in [-0.2, -0.15) is 4.72 Å². The van der Waals surface area contributed by atoms with E-state index in [0.29, 0.717) is 12.1 Å². The summed E-state index contributed by atoms with van der Waals surface area (Å²) in [5, 5.41) is 0. The van der Waals surface area contributed by atoms with Gasteiger partial charge in [0, 0.05) is 6.54 Å². The Balaban J connectivity index is 2.02. The van der Waals surface area contributed by atoms with E-state index in [9.17, 15) is 34.8 Å². The number of carbonyl (C=O) groups is 1. The number of hydrogen-bond donors (Lipinski definition) is 2. The van der Waals surface area contributed by atoms with Gasteiger partial charge in [-0.05, 0) is 57.4 Å². The lowest BCUT2D eigenvalue weighted by Gasteiger charge is -2.18. The predicted molar refractivity (Wildman–Crippen MR) is 117 cm³/mol. The molecule has 0 aromatic heterocycles. The molecule has 8 nitrogen and oxygen atoms in total. The average Bonchev–Trinajstić information content (AvgIpc) is 2.76. The molecule has 2 rings (SSSR count). The third-order valence-electron chi connectivity index (χ3n) is 4.70. The van der Waals surface area contributed by atoms with Crippen molar-refractivity contribution >= 4 is 26.0 Å². The third-order valence-corrected chi connectivity index (χ3v) is 7.67. The fourth-order valence-corrected chi connectivity index (χ4v) is 5.28. The molecule has 1 unspecified atom stereocenters. The van der Waals surface area contributed by atoms with Crippen molar-refractivity contribution < 1.29 is 39.5 Å². The largest absolute Gasteiger partial charge is 0.465 e. The molecular formula is C21H25F3N2O6S2. The van der Waals surface area contributed by atoms with Crippen LogP contribution in [0.25, 0.3) is 0 Å². The van der Waals surface area contributed by atoms with E-state index in [0.717, 1.165) is 5.56 Å². The quantitative estimate of drug-likeness (QED) is 0.251. The lowest BCUT2D eigenvalue weighted by atomic mass is 10.1. The number of sulfonamides is 2. The van der Waals surface area contributed by atoms with Crippen LogP contribution < -0.4 is 9.44 Å². The molecule has 0 radical (unpaired) electrons. The summed E-state index contributed by atoms with van der Waals surface area (Å²) >= 11 is 0. The molecule has 0 aliphatic heterocycles. The summed E-state index contributed by atoms with van der Waals surface area (Å²) in [6.45, 7) is 3.26. The Morgan fingerprint density at radius 2 is 1.59 bits per heavy atom. The highest BCUT2D eigenvalue weighted by molar-refractivity contribution is 7.89. The predicted octanol–water partition coefficient (Wildman–Crippen LogP) is 2.77. The van der Waals surface area contributed by atoms with Crippen LogP contribution in [0.5, 0.6) is 0 Å². The van der Waals surface area contributed by atoms with E-state index in [1.165, 1.54) is 19.1 Å². The van der Waals surface area contributed by atoms with Gasteiger partial charge in [0.15, 0.2) is 17.5 Å². The highest BCUT2D eigenvalue weighted by Gasteiger charge is 2.30. The Kier molecular flexibility index (Phi) is 9.62. The van der Waals surface area contributed by atoms with Crippen LogP contribution in [0.4, 0.5) is 13.2 Å². The molecule has 188 valence electrons. The van der Waals surface area contributed by atoms with Crippen molar-refractivity contribution in [1.82, 2.24) is 9.44 Å². The zero-order valence-corrected chi connectivity index (χ0v) is 20.1. The maximum absolute atomic E-state index is 14.0. The molecule has 2 N–H and O–H groups in total. The minimum absolute atomic E-state index is 0.0102. The number of ether oxygens (including phenoxy) is 1. The Labute approximate surface area is 196 Å². The maximum atomic E-state index is 14.0. The molecular weight excluding hydrogens is 497 g/mol. The number of halogens is 3. The van der Waals surface area contributed by atoms with Crippen molar-refractivity contribution in [3.8, 4) is 0 Å². The Hall–Kier alpha value is -2.48. The summed E-state index contributed by atoms with van der Waals surface area (Å²) in [6, 6.07) is 5.76. The molecule has 2 aromatic carbocycles. The highest BCUT2D eigenvalue weighted by atomic mass is 32.2. The van der Waals surface area contributed by atoms with Gasteiger partial charge in [-0.15, -0.1) is 0 Å². The first kappa shape index (κ1) is 27.8. The molecule has 2 aromatic rings. The number of nitrogens with one attached hydrogen (secondary N) is 2. The van der Waals surface area contributed by atoms with Gasteiger partial charge in [-0.3, -0.25) is 4.79 Å². The summed E-state index contributed by atoms with van der Waals surface area (Å²) in [5.41, 5.74) is 0.898. The van der Waals surface area contributed by atoms with Crippen LogP contribution in [-0.2, 0) is 29.6 Å². The van der Waals surface area contributed by atoms with E-state index in [1.54, 1.807) is 12.1 Å². The average molecular weight is 523 g/mol. The molecule has 0 bridgehead atoms. The number of benzene rings is 2. The van der Waals surface area contributed by atoms with E-state index in [1.807, 2.05) is 11.6 Å². The van der Waals surface area contributed by atoms with Gasteiger partial charge in [-0.1, -0.05) is 17.7 Å². The minimum Gasteiger partial charge on any atom is -0.465 e. The van der Waals surface area contributed by atoms with E-state index in [-0.39, 0.29) is 37.3 Å². The first-order valence-corrected chi connectivity index (χ1v) is 13.2. The topological polar surface area (TPSA) is 119 Å². The van der Waals surface area contributed by atoms with Crippen LogP contribution in [0.2, 0.25) is 0 Å². The maximum Gasteiger partial charge on any atom is 0.324 e. The summed E-state index contributed by atoms with van der Waals surface area (Å²) < 4.78 is 99.3. The van der Waals surface area contributed by atoms with Crippen LogP contribution in [0.1, 0.15) is 31.7 Å². The van der Waals surface area contributed by atoms with Gasteiger partial charge in [-0.25, -0.2) is 34.7 Å². The Morgan fingerprint density at radius 3 is 2.21 bits per heavy atom. The number of rotatable bonds is 12. The second-order valence-corrected chi connectivity index (χ2v) is 10.8. The number of hydrogen-bond acceptors (Lipinski definition) is 6. The fraction of sp³-hybridized carbons (Fsp3) is 0.381. The van der Waals surface area contributed by atoms with Gasteiger partial charge in [0.2, 0.25) is 20.0 Å². The van der Waals surface area contributed by atoms with Crippen molar-refractivity contribution in [3.05, 3.63) is 59.4 Å². The van der Waals surface area contributed by atoms with Gasteiger partial charge >= 0.3 is 5.97 Å². The molecule has 34 heavy (non-hydrogen) atoms. The van der Waals surface area contributed by atoms with Gasteiger partial charge in [0.1, 0.15) is 10.9 Å². The zero-order valence-electron chi connectivity index (χ0n) is 18.5. The lowest BCUT2D eigenvalue weighted by molar-refractivity contribution is -0.145. The van der Waals surface area contributed by atoms with Crippen LogP contribution in [0.3, 0.4) is 0 Å². The SMILES string of the molecule is CCOC(=O)C(CCCCNS(=O)(=O)c1ccc(C)cc1)NS(=O)(=O)c1ccc(F)c(F)c1F. The smallest absolute Gasteiger partial charge is 0.324 e. The zero-order chi connectivity index (χ0) is 25.5. The second-order valence-electron chi connectivity index (χ2n) is 7.31. The van der Waals surface area contributed by atoms with Gasteiger partial charge < -0.3 is 4.74 Å². The molecule has 0 aliphatic carbocycles. The molecule has 0 heterocycles. The first-order valence-electron chi connectivity index (χ1n) is 10.3. The number of esters is 1. The Morgan fingerprint density at radius 1 is 0.941 bits per heavy atom. The number of carbonyl (C=O) groups excluding carboxylic acids is 1. The van der Waals surface area contributed by atoms with Crippen LogP contribution in [0, 0.1) is 24.4 Å². The summed E-state index contributed by atoms with van der Waals surface area (Å²) in [6.07, 6.45) is 0.306.